The van der Waals surface area contributed by atoms with E-state index in [1.807, 2.05) is 37.3 Å². The van der Waals surface area contributed by atoms with Crippen LogP contribution in [0.1, 0.15) is 15.9 Å². The fraction of sp³-hybridized carbons (Fsp3) is 0.0476. The van der Waals surface area contributed by atoms with Crippen LogP contribution in [0.3, 0.4) is 0 Å². The van der Waals surface area contributed by atoms with Gasteiger partial charge in [-0.1, -0.05) is 24.3 Å². The van der Waals surface area contributed by atoms with Crippen LogP contribution in [0.5, 0.6) is 0 Å². The van der Waals surface area contributed by atoms with Crippen LogP contribution in [0.15, 0.2) is 77.3 Å². The zero-order valence-corrected chi connectivity index (χ0v) is 14.6. The number of benzene rings is 2. The van der Waals surface area contributed by atoms with Crippen LogP contribution < -0.4 is 5.32 Å². The summed E-state index contributed by atoms with van der Waals surface area (Å²) in [6.07, 6.45) is 1.63. The van der Waals surface area contributed by atoms with Crippen LogP contribution in [0.2, 0.25) is 0 Å². The standard InChI is InChI=1S/C21H16N4O2/c1-14-6-2-3-7-17(14)21-25-24-20(27-21)16-11-9-15(10-12-16)19(26)23-18-8-4-5-13-22-18/h2-13H,1H3,(H,22,23,26). The molecule has 0 saturated heterocycles. The molecule has 2 aromatic carbocycles. The second-order valence-corrected chi connectivity index (χ2v) is 5.97. The average Bonchev–Trinajstić information content (AvgIpc) is 3.19. The number of rotatable bonds is 4. The molecule has 132 valence electrons. The molecule has 0 unspecified atom stereocenters. The molecule has 0 aliphatic rings. The normalized spacial score (nSPS) is 10.6. The molecule has 4 aromatic rings. The van der Waals surface area contributed by atoms with Crippen LogP contribution in [0.25, 0.3) is 22.9 Å². The van der Waals surface area contributed by atoms with E-state index in [4.69, 9.17) is 4.42 Å². The Bertz CT molecular complexity index is 1070. The van der Waals surface area contributed by atoms with Crippen molar-refractivity contribution in [2.75, 3.05) is 5.32 Å². The lowest BCUT2D eigenvalue weighted by Gasteiger charge is -2.04. The van der Waals surface area contributed by atoms with Crippen molar-refractivity contribution in [1.82, 2.24) is 15.2 Å². The monoisotopic (exact) mass is 356 g/mol. The number of aromatic nitrogens is 3. The predicted molar refractivity (Wildman–Crippen MR) is 102 cm³/mol. The van der Waals surface area contributed by atoms with Crippen molar-refractivity contribution in [1.29, 1.82) is 0 Å². The number of anilines is 1. The SMILES string of the molecule is Cc1ccccc1-c1nnc(-c2ccc(C(=O)Nc3ccccn3)cc2)o1. The van der Waals surface area contributed by atoms with Crippen LogP contribution in [0.4, 0.5) is 5.82 Å². The van der Waals surface area contributed by atoms with E-state index in [0.29, 0.717) is 23.2 Å². The molecular formula is C21H16N4O2. The molecule has 2 aromatic heterocycles. The number of nitrogens with zero attached hydrogens (tertiary/aromatic N) is 3. The van der Waals surface area contributed by atoms with Gasteiger partial charge in [0, 0.05) is 22.9 Å². The lowest BCUT2D eigenvalue weighted by atomic mass is 10.1. The van der Waals surface area contributed by atoms with E-state index in [2.05, 4.69) is 20.5 Å². The summed E-state index contributed by atoms with van der Waals surface area (Å²) in [5, 5.41) is 11.0. The van der Waals surface area contributed by atoms with Gasteiger partial charge in [0.15, 0.2) is 0 Å². The molecule has 27 heavy (non-hydrogen) atoms. The molecule has 1 N–H and O–H groups in total. The van der Waals surface area contributed by atoms with Gasteiger partial charge in [0.05, 0.1) is 0 Å². The smallest absolute Gasteiger partial charge is 0.256 e. The Kier molecular flexibility index (Phi) is 4.45. The van der Waals surface area contributed by atoms with E-state index in [1.54, 1.807) is 42.6 Å². The molecule has 0 fully saturated rings. The first-order chi connectivity index (χ1) is 13.2. The minimum atomic E-state index is -0.230. The summed E-state index contributed by atoms with van der Waals surface area (Å²) in [5.41, 5.74) is 3.23. The second kappa shape index (κ2) is 7.21. The van der Waals surface area contributed by atoms with E-state index in [0.717, 1.165) is 16.7 Å². The summed E-state index contributed by atoms with van der Waals surface area (Å²) in [5.74, 6) is 1.16. The number of amides is 1. The molecule has 6 nitrogen and oxygen atoms in total. The first kappa shape index (κ1) is 16.7. The highest BCUT2D eigenvalue weighted by Gasteiger charge is 2.13. The Morgan fingerprint density at radius 1 is 0.889 bits per heavy atom. The summed E-state index contributed by atoms with van der Waals surface area (Å²) in [6.45, 7) is 1.99. The zero-order chi connectivity index (χ0) is 18.6. The highest BCUT2D eigenvalue weighted by atomic mass is 16.4. The Morgan fingerprint density at radius 3 is 2.37 bits per heavy atom. The molecule has 6 heteroatoms. The first-order valence-corrected chi connectivity index (χ1v) is 8.43. The first-order valence-electron chi connectivity index (χ1n) is 8.43. The fourth-order valence-corrected chi connectivity index (χ4v) is 2.65. The van der Waals surface area contributed by atoms with Gasteiger partial charge in [0.1, 0.15) is 5.82 Å². The van der Waals surface area contributed by atoms with Gasteiger partial charge >= 0.3 is 0 Å². The molecule has 0 aliphatic carbocycles. The van der Waals surface area contributed by atoms with Gasteiger partial charge in [-0.3, -0.25) is 4.79 Å². The molecule has 0 aliphatic heterocycles. The maximum absolute atomic E-state index is 12.3. The van der Waals surface area contributed by atoms with E-state index in [-0.39, 0.29) is 5.91 Å². The third kappa shape index (κ3) is 3.59. The third-order valence-corrected chi connectivity index (χ3v) is 4.10. The lowest BCUT2D eigenvalue weighted by molar-refractivity contribution is 0.102. The summed E-state index contributed by atoms with van der Waals surface area (Å²) < 4.78 is 5.80. The summed E-state index contributed by atoms with van der Waals surface area (Å²) in [4.78, 5) is 16.4. The number of carbonyl (C=O) groups is 1. The van der Waals surface area contributed by atoms with E-state index >= 15 is 0 Å². The minimum Gasteiger partial charge on any atom is -0.416 e. The quantitative estimate of drug-likeness (QED) is 0.587. The van der Waals surface area contributed by atoms with Crippen molar-refractivity contribution >= 4 is 11.7 Å². The highest BCUT2D eigenvalue weighted by molar-refractivity contribution is 6.03. The molecule has 0 bridgehead atoms. The topological polar surface area (TPSA) is 80.9 Å². The lowest BCUT2D eigenvalue weighted by Crippen LogP contribution is -2.12. The van der Waals surface area contributed by atoms with Crippen molar-refractivity contribution in [3.05, 3.63) is 84.1 Å². The van der Waals surface area contributed by atoms with Gasteiger partial charge < -0.3 is 9.73 Å². The van der Waals surface area contributed by atoms with Crippen LogP contribution >= 0.6 is 0 Å². The number of pyridine rings is 1. The minimum absolute atomic E-state index is 0.230. The van der Waals surface area contributed by atoms with Crippen molar-refractivity contribution < 1.29 is 9.21 Å². The van der Waals surface area contributed by atoms with Crippen LogP contribution in [0, 0.1) is 6.92 Å². The van der Waals surface area contributed by atoms with Gasteiger partial charge in [-0.05, 0) is 55.0 Å². The number of hydrogen-bond donors (Lipinski definition) is 1. The maximum Gasteiger partial charge on any atom is 0.256 e. The summed E-state index contributed by atoms with van der Waals surface area (Å²) in [6, 6.07) is 20.2. The van der Waals surface area contributed by atoms with Gasteiger partial charge in [-0.25, -0.2) is 4.98 Å². The van der Waals surface area contributed by atoms with Gasteiger partial charge in [0.2, 0.25) is 11.8 Å². The third-order valence-electron chi connectivity index (χ3n) is 4.10. The Morgan fingerprint density at radius 2 is 1.63 bits per heavy atom. The van der Waals surface area contributed by atoms with Crippen molar-refractivity contribution in [3.8, 4) is 22.9 Å². The van der Waals surface area contributed by atoms with Crippen LogP contribution in [-0.2, 0) is 0 Å². The summed E-state index contributed by atoms with van der Waals surface area (Å²) in [7, 11) is 0. The van der Waals surface area contributed by atoms with Gasteiger partial charge in [-0.15, -0.1) is 10.2 Å². The molecule has 0 spiro atoms. The van der Waals surface area contributed by atoms with Gasteiger partial charge in [0.25, 0.3) is 5.91 Å². The van der Waals surface area contributed by atoms with Crippen molar-refractivity contribution in [2.45, 2.75) is 6.92 Å². The number of hydrogen-bond acceptors (Lipinski definition) is 5. The molecule has 1 amide bonds. The average molecular weight is 356 g/mol. The predicted octanol–water partition coefficient (Wildman–Crippen LogP) is 4.36. The second-order valence-electron chi connectivity index (χ2n) is 5.97. The Hall–Kier alpha value is -3.80. The number of nitrogens with one attached hydrogen (secondary N) is 1. The fourth-order valence-electron chi connectivity index (χ4n) is 2.65. The van der Waals surface area contributed by atoms with Gasteiger partial charge in [-0.2, -0.15) is 0 Å². The van der Waals surface area contributed by atoms with E-state index < -0.39 is 0 Å². The Balaban J connectivity index is 1.53. The van der Waals surface area contributed by atoms with E-state index in [9.17, 15) is 4.79 Å². The highest BCUT2D eigenvalue weighted by Crippen LogP contribution is 2.26. The molecule has 0 atom stereocenters. The summed E-state index contributed by atoms with van der Waals surface area (Å²) >= 11 is 0. The zero-order valence-electron chi connectivity index (χ0n) is 14.6. The molecule has 0 radical (unpaired) electrons. The largest absolute Gasteiger partial charge is 0.416 e. The van der Waals surface area contributed by atoms with Crippen molar-refractivity contribution in [2.24, 2.45) is 0 Å². The Labute approximate surface area is 155 Å². The van der Waals surface area contributed by atoms with Crippen molar-refractivity contribution in [3.63, 3.8) is 0 Å². The molecule has 2 heterocycles. The molecule has 0 saturated carbocycles. The number of aryl methyl sites for hydroxylation is 1. The maximum atomic E-state index is 12.3. The van der Waals surface area contributed by atoms with Crippen LogP contribution in [-0.4, -0.2) is 21.1 Å². The molecule has 4 rings (SSSR count). The van der Waals surface area contributed by atoms with E-state index in [1.165, 1.54) is 0 Å². The number of carbonyl (C=O) groups excluding carboxylic acids is 1. The molecular weight excluding hydrogens is 340 g/mol.